The van der Waals surface area contributed by atoms with Crippen LogP contribution in [-0.2, 0) is 4.79 Å². The lowest BCUT2D eigenvalue weighted by molar-refractivity contribution is -0.126. The summed E-state index contributed by atoms with van der Waals surface area (Å²) in [7, 11) is 0. The Kier molecular flexibility index (Phi) is 5.90. The van der Waals surface area contributed by atoms with Crippen molar-refractivity contribution in [2.75, 3.05) is 13.2 Å². The third-order valence-electron chi connectivity index (χ3n) is 2.37. The third-order valence-corrected chi connectivity index (χ3v) is 2.37. The number of nitrogens with two attached hydrogens (primary N) is 1. The van der Waals surface area contributed by atoms with Crippen LogP contribution in [0.1, 0.15) is 20.8 Å². The molecule has 0 saturated heterocycles. The molecule has 3 amide bonds. The summed E-state index contributed by atoms with van der Waals surface area (Å²) in [5, 5.41) is 22.9. The fraction of sp³-hybridized carbons (Fsp3) is 0.800. The largest absolute Gasteiger partial charge is 0.394 e. The summed E-state index contributed by atoms with van der Waals surface area (Å²) in [6, 6.07) is -1.60. The minimum absolute atomic E-state index is 0.163. The highest BCUT2D eigenvalue weighted by Gasteiger charge is 2.30. The Bertz CT molecular complexity index is 277. The highest BCUT2D eigenvalue weighted by atomic mass is 16.3. The molecule has 0 rings (SSSR count). The van der Waals surface area contributed by atoms with E-state index in [-0.39, 0.29) is 5.92 Å². The van der Waals surface area contributed by atoms with E-state index in [4.69, 9.17) is 15.9 Å². The Morgan fingerprint density at radius 1 is 1.29 bits per heavy atom. The fourth-order valence-corrected chi connectivity index (χ4v) is 1.19. The van der Waals surface area contributed by atoms with Gasteiger partial charge in [-0.1, -0.05) is 13.8 Å². The predicted molar refractivity (Wildman–Crippen MR) is 62.1 cm³/mol. The zero-order valence-corrected chi connectivity index (χ0v) is 10.4. The van der Waals surface area contributed by atoms with Crippen molar-refractivity contribution < 1.29 is 19.8 Å². The van der Waals surface area contributed by atoms with Gasteiger partial charge in [-0.3, -0.25) is 4.79 Å². The van der Waals surface area contributed by atoms with E-state index in [1.807, 2.05) is 0 Å². The lowest BCUT2D eigenvalue weighted by Crippen LogP contribution is -2.59. The van der Waals surface area contributed by atoms with Gasteiger partial charge in [0.2, 0.25) is 5.91 Å². The van der Waals surface area contributed by atoms with Crippen LogP contribution >= 0.6 is 0 Å². The van der Waals surface area contributed by atoms with Crippen LogP contribution in [-0.4, -0.2) is 46.9 Å². The highest BCUT2D eigenvalue weighted by Crippen LogP contribution is 2.06. The fourth-order valence-electron chi connectivity index (χ4n) is 1.19. The summed E-state index contributed by atoms with van der Waals surface area (Å²) in [6.45, 7) is 4.17. The van der Waals surface area contributed by atoms with Gasteiger partial charge in [0.15, 0.2) is 0 Å². The molecule has 0 aromatic carbocycles. The van der Waals surface area contributed by atoms with Gasteiger partial charge in [-0.05, 0) is 12.8 Å². The molecule has 0 aliphatic rings. The van der Waals surface area contributed by atoms with Crippen LogP contribution in [0.15, 0.2) is 0 Å². The third kappa shape index (κ3) is 5.01. The van der Waals surface area contributed by atoms with Crippen molar-refractivity contribution in [3.8, 4) is 0 Å². The van der Waals surface area contributed by atoms with Crippen LogP contribution in [0.25, 0.3) is 0 Å². The molecule has 0 spiro atoms. The lowest BCUT2D eigenvalue weighted by Gasteiger charge is -2.30. The minimum atomic E-state index is -1.12. The normalized spacial score (nSPS) is 13.3. The molecule has 7 heteroatoms. The quantitative estimate of drug-likeness (QED) is 0.393. The van der Waals surface area contributed by atoms with Crippen molar-refractivity contribution in [3.63, 3.8) is 0 Å². The number of urea groups is 1. The molecule has 0 aliphatic carbocycles. The first-order valence-corrected chi connectivity index (χ1v) is 5.35. The molecule has 0 aromatic rings. The molecule has 0 heterocycles. The van der Waals surface area contributed by atoms with Crippen molar-refractivity contribution in [3.05, 3.63) is 0 Å². The van der Waals surface area contributed by atoms with Crippen LogP contribution in [0.2, 0.25) is 0 Å². The van der Waals surface area contributed by atoms with Gasteiger partial charge < -0.3 is 26.6 Å². The summed E-state index contributed by atoms with van der Waals surface area (Å²) < 4.78 is 0. The highest BCUT2D eigenvalue weighted by molar-refractivity contribution is 5.87. The van der Waals surface area contributed by atoms with Gasteiger partial charge in [-0.2, -0.15) is 0 Å². The molecule has 0 radical (unpaired) electrons. The van der Waals surface area contributed by atoms with Crippen molar-refractivity contribution in [2.24, 2.45) is 11.7 Å². The topological polar surface area (TPSA) is 125 Å². The Morgan fingerprint density at radius 3 is 2.06 bits per heavy atom. The molecule has 6 N–H and O–H groups in total. The van der Waals surface area contributed by atoms with Gasteiger partial charge in [-0.25, -0.2) is 4.79 Å². The number of aliphatic hydroxyl groups is 2. The van der Waals surface area contributed by atoms with Gasteiger partial charge in [0.05, 0.1) is 18.8 Å². The van der Waals surface area contributed by atoms with Crippen molar-refractivity contribution in [1.82, 2.24) is 10.6 Å². The first-order valence-electron chi connectivity index (χ1n) is 5.35. The summed E-state index contributed by atoms with van der Waals surface area (Å²) in [6.07, 6.45) is 0. The van der Waals surface area contributed by atoms with Gasteiger partial charge in [0.25, 0.3) is 0 Å². The maximum absolute atomic E-state index is 11.8. The standard InChI is InChI=1S/C10H21N3O4/c1-6(2)7(12-9(11)17)8(16)13-10(3,4-14)5-15/h6-7,14-15H,4-5H2,1-3H3,(H,13,16)(H3,11,12,17). The molecule has 7 nitrogen and oxygen atoms in total. The Balaban J connectivity index is 4.68. The van der Waals surface area contributed by atoms with Crippen LogP contribution in [0.3, 0.4) is 0 Å². The average molecular weight is 247 g/mol. The first-order chi connectivity index (χ1) is 7.75. The molecular formula is C10H21N3O4. The van der Waals surface area contributed by atoms with Crippen LogP contribution in [0, 0.1) is 5.92 Å². The van der Waals surface area contributed by atoms with E-state index < -0.39 is 36.7 Å². The van der Waals surface area contributed by atoms with E-state index in [0.29, 0.717) is 0 Å². The van der Waals surface area contributed by atoms with E-state index >= 15 is 0 Å². The lowest BCUT2D eigenvalue weighted by atomic mass is 10.00. The number of aliphatic hydroxyl groups excluding tert-OH is 2. The summed E-state index contributed by atoms with van der Waals surface area (Å²) in [4.78, 5) is 22.6. The maximum atomic E-state index is 11.8. The molecule has 0 bridgehead atoms. The number of rotatable bonds is 6. The van der Waals surface area contributed by atoms with Crippen LogP contribution < -0.4 is 16.4 Å². The van der Waals surface area contributed by atoms with E-state index in [0.717, 1.165) is 0 Å². The second-order valence-corrected chi connectivity index (χ2v) is 4.60. The SMILES string of the molecule is CC(C)C(NC(N)=O)C(=O)NC(C)(CO)CO. The second-order valence-electron chi connectivity index (χ2n) is 4.60. The number of primary amides is 1. The second kappa shape index (κ2) is 6.41. The van der Waals surface area contributed by atoms with E-state index in [2.05, 4.69) is 10.6 Å². The monoisotopic (exact) mass is 247 g/mol. The Morgan fingerprint density at radius 2 is 1.76 bits per heavy atom. The molecule has 1 unspecified atom stereocenters. The summed E-state index contributed by atoms with van der Waals surface area (Å²) in [5.41, 5.74) is 3.85. The average Bonchev–Trinajstić information content (AvgIpc) is 2.24. The predicted octanol–water partition coefficient (Wildman–Crippen LogP) is -1.46. The van der Waals surface area contributed by atoms with E-state index in [1.54, 1.807) is 13.8 Å². The molecule has 100 valence electrons. The smallest absolute Gasteiger partial charge is 0.312 e. The zero-order chi connectivity index (χ0) is 13.6. The van der Waals surface area contributed by atoms with Crippen LogP contribution in [0.5, 0.6) is 0 Å². The molecular weight excluding hydrogens is 226 g/mol. The number of hydrogen-bond acceptors (Lipinski definition) is 4. The van der Waals surface area contributed by atoms with Crippen molar-refractivity contribution in [2.45, 2.75) is 32.4 Å². The number of carbonyl (C=O) groups is 2. The molecule has 0 fully saturated rings. The molecule has 17 heavy (non-hydrogen) atoms. The van der Waals surface area contributed by atoms with Gasteiger partial charge in [0.1, 0.15) is 6.04 Å². The summed E-state index contributed by atoms with van der Waals surface area (Å²) >= 11 is 0. The van der Waals surface area contributed by atoms with E-state index in [1.165, 1.54) is 6.92 Å². The van der Waals surface area contributed by atoms with Crippen molar-refractivity contribution >= 4 is 11.9 Å². The Hall–Kier alpha value is -1.34. The van der Waals surface area contributed by atoms with Gasteiger partial charge >= 0.3 is 6.03 Å². The Labute approximate surface area is 100 Å². The molecule has 0 aromatic heterocycles. The zero-order valence-electron chi connectivity index (χ0n) is 10.4. The van der Waals surface area contributed by atoms with Crippen molar-refractivity contribution in [1.29, 1.82) is 0 Å². The first kappa shape index (κ1) is 15.7. The molecule has 0 saturated carbocycles. The maximum Gasteiger partial charge on any atom is 0.312 e. The summed E-state index contributed by atoms with van der Waals surface area (Å²) in [5.74, 6) is -0.659. The van der Waals surface area contributed by atoms with Crippen LogP contribution in [0.4, 0.5) is 4.79 Å². The number of amides is 3. The number of nitrogens with one attached hydrogen (secondary N) is 2. The number of hydrogen-bond donors (Lipinski definition) is 5. The molecule has 1 atom stereocenters. The van der Waals surface area contributed by atoms with Gasteiger partial charge in [-0.15, -0.1) is 0 Å². The van der Waals surface area contributed by atoms with Gasteiger partial charge in [0, 0.05) is 0 Å². The minimum Gasteiger partial charge on any atom is -0.394 e. The number of carbonyl (C=O) groups excluding carboxylic acids is 2. The molecule has 0 aliphatic heterocycles. The van der Waals surface area contributed by atoms with E-state index in [9.17, 15) is 9.59 Å².